The molecule has 2 aromatic rings. The number of methoxy groups -OCH3 is 1. The van der Waals surface area contributed by atoms with Gasteiger partial charge < -0.3 is 15.4 Å². The average molecular weight is 422 g/mol. The summed E-state index contributed by atoms with van der Waals surface area (Å²) in [7, 11) is 1.67. The molecule has 1 amide bonds. The normalized spacial score (nSPS) is 16.8. The second-order valence-corrected chi connectivity index (χ2v) is 6.86. The van der Waals surface area contributed by atoms with Gasteiger partial charge in [-0.2, -0.15) is 5.10 Å². The zero-order chi connectivity index (χ0) is 17.0. The highest BCUT2D eigenvalue weighted by Gasteiger charge is 2.41. The largest absolute Gasteiger partial charge is 0.375 e. The van der Waals surface area contributed by atoms with Gasteiger partial charge in [-0.15, -0.1) is 36.2 Å². The third-order valence-electron chi connectivity index (χ3n) is 4.50. The number of aromatic nitrogens is 3. The Morgan fingerprint density at radius 1 is 1.46 bits per heavy atom. The molecule has 0 radical (unpaired) electrons. The molecular formula is C16H25Cl2N5O2S. The first kappa shape index (κ1) is 22.9. The van der Waals surface area contributed by atoms with Crippen molar-refractivity contribution in [2.75, 3.05) is 20.2 Å². The van der Waals surface area contributed by atoms with Gasteiger partial charge in [-0.25, -0.2) is 4.98 Å². The number of ether oxygens (including phenoxy) is 1. The molecule has 1 fully saturated rings. The van der Waals surface area contributed by atoms with E-state index in [-0.39, 0.29) is 36.8 Å². The van der Waals surface area contributed by atoms with Crippen LogP contribution in [0, 0.1) is 0 Å². The summed E-state index contributed by atoms with van der Waals surface area (Å²) in [4.78, 5) is 17.5. The third-order valence-corrected chi connectivity index (χ3v) is 5.55. The predicted molar refractivity (Wildman–Crippen MR) is 106 cm³/mol. The van der Waals surface area contributed by atoms with Gasteiger partial charge in [0.25, 0.3) is 0 Å². The Bertz CT molecular complexity index is 674. The van der Waals surface area contributed by atoms with Crippen molar-refractivity contribution >= 4 is 42.1 Å². The lowest BCUT2D eigenvalue weighted by molar-refractivity contribution is -0.132. The minimum atomic E-state index is -0.618. The fourth-order valence-electron chi connectivity index (χ4n) is 2.95. The summed E-state index contributed by atoms with van der Waals surface area (Å²) in [5, 5.41) is 13.6. The topological polar surface area (TPSA) is 81.1 Å². The van der Waals surface area contributed by atoms with Gasteiger partial charge in [-0.05, 0) is 38.9 Å². The van der Waals surface area contributed by atoms with Gasteiger partial charge in [-0.3, -0.25) is 9.48 Å². The molecule has 1 unspecified atom stereocenters. The van der Waals surface area contributed by atoms with Crippen molar-refractivity contribution in [3.63, 3.8) is 0 Å². The number of hydrogen-bond acceptors (Lipinski definition) is 6. The van der Waals surface area contributed by atoms with Crippen LogP contribution in [0.5, 0.6) is 0 Å². The molecule has 0 aliphatic carbocycles. The molecule has 2 N–H and O–H groups in total. The Kier molecular flexibility index (Phi) is 8.99. The van der Waals surface area contributed by atoms with Gasteiger partial charge in [0.1, 0.15) is 16.7 Å². The SMILES string of the molecule is COC(C)c1nc(CNC(=O)C2(n3cccn3)CCNCC2)cs1.Cl.Cl. The molecule has 10 heteroatoms. The first-order valence-corrected chi connectivity index (χ1v) is 9.00. The zero-order valence-corrected chi connectivity index (χ0v) is 17.3. The van der Waals surface area contributed by atoms with Crippen molar-refractivity contribution in [3.05, 3.63) is 34.5 Å². The Hall–Kier alpha value is -1.19. The number of carbonyl (C=O) groups excluding carboxylic acids is 1. The summed E-state index contributed by atoms with van der Waals surface area (Å²) >= 11 is 1.55. The highest BCUT2D eigenvalue weighted by atomic mass is 35.5. The number of halogens is 2. The zero-order valence-electron chi connectivity index (χ0n) is 14.8. The number of nitrogens with zero attached hydrogens (tertiary/aromatic N) is 3. The van der Waals surface area contributed by atoms with Crippen LogP contribution in [0.1, 0.15) is 36.6 Å². The van der Waals surface area contributed by atoms with Crippen LogP contribution in [0.2, 0.25) is 0 Å². The number of piperidine rings is 1. The number of hydrogen-bond donors (Lipinski definition) is 2. The summed E-state index contributed by atoms with van der Waals surface area (Å²) in [5.74, 6) is 0.00189. The lowest BCUT2D eigenvalue weighted by Gasteiger charge is -2.36. The van der Waals surface area contributed by atoms with E-state index in [9.17, 15) is 4.79 Å². The van der Waals surface area contributed by atoms with Gasteiger partial charge >= 0.3 is 0 Å². The van der Waals surface area contributed by atoms with Crippen LogP contribution < -0.4 is 10.6 Å². The standard InChI is InChI=1S/C16H23N5O2S.2ClH/c1-12(23-2)14-20-13(11-24-14)10-18-15(22)16(4-7-17-8-5-16)21-9-3-6-19-21;;/h3,6,9,11-12,17H,4-5,7-8,10H2,1-2H3,(H,18,22);2*1H. The predicted octanol–water partition coefficient (Wildman–Crippen LogP) is 2.29. The smallest absolute Gasteiger partial charge is 0.248 e. The van der Waals surface area contributed by atoms with E-state index >= 15 is 0 Å². The highest BCUT2D eigenvalue weighted by molar-refractivity contribution is 7.09. The Morgan fingerprint density at radius 3 is 2.81 bits per heavy atom. The number of amides is 1. The third kappa shape index (κ3) is 4.75. The highest BCUT2D eigenvalue weighted by Crippen LogP contribution is 2.27. The summed E-state index contributed by atoms with van der Waals surface area (Å²) in [6.45, 7) is 3.99. The van der Waals surface area contributed by atoms with Gasteiger partial charge in [0, 0.05) is 24.9 Å². The molecular weight excluding hydrogens is 397 g/mol. The second kappa shape index (κ2) is 10.2. The Balaban J connectivity index is 0.00000169. The van der Waals surface area contributed by atoms with Crippen LogP contribution in [0.25, 0.3) is 0 Å². The molecule has 146 valence electrons. The van der Waals surface area contributed by atoms with Crippen molar-refractivity contribution < 1.29 is 9.53 Å². The van der Waals surface area contributed by atoms with Gasteiger partial charge in [0.15, 0.2) is 0 Å². The molecule has 0 spiro atoms. The van der Waals surface area contributed by atoms with Crippen LogP contribution in [-0.2, 0) is 21.6 Å². The van der Waals surface area contributed by atoms with E-state index in [1.165, 1.54) is 0 Å². The van der Waals surface area contributed by atoms with Crippen LogP contribution in [0.4, 0.5) is 0 Å². The lowest BCUT2D eigenvalue weighted by Crippen LogP contribution is -2.54. The first-order chi connectivity index (χ1) is 11.7. The van der Waals surface area contributed by atoms with Gasteiger partial charge in [0.2, 0.25) is 5.91 Å². The fraction of sp³-hybridized carbons (Fsp3) is 0.562. The minimum absolute atomic E-state index is 0. The van der Waals surface area contributed by atoms with E-state index < -0.39 is 5.54 Å². The molecule has 3 rings (SSSR count). The van der Waals surface area contributed by atoms with Gasteiger partial charge in [-0.1, -0.05) is 0 Å². The molecule has 1 saturated heterocycles. The van der Waals surface area contributed by atoms with E-state index in [2.05, 4.69) is 20.7 Å². The van der Waals surface area contributed by atoms with Crippen molar-refractivity contribution in [2.45, 2.75) is 38.0 Å². The van der Waals surface area contributed by atoms with Crippen LogP contribution in [0.3, 0.4) is 0 Å². The number of thiazole rings is 1. The van der Waals surface area contributed by atoms with E-state index in [1.54, 1.807) is 29.3 Å². The Labute approximate surface area is 169 Å². The van der Waals surface area contributed by atoms with E-state index in [4.69, 9.17) is 4.74 Å². The summed E-state index contributed by atoms with van der Waals surface area (Å²) in [5.41, 5.74) is 0.241. The number of carbonyl (C=O) groups is 1. The summed E-state index contributed by atoms with van der Waals surface area (Å²) in [6.07, 6.45) is 5.01. The van der Waals surface area contributed by atoms with Crippen molar-refractivity contribution in [3.8, 4) is 0 Å². The van der Waals surface area contributed by atoms with E-state index in [1.807, 2.05) is 24.6 Å². The molecule has 26 heavy (non-hydrogen) atoms. The molecule has 1 aliphatic rings. The number of rotatable bonds is 6. The second-order valence-electron chi connectivity index (χ2n) is 5.97. The lowest BCUT2D eigenvalue weighted by atomic mass is 9.87. The first-order valence-electron chi connectivity index (χ1n) is 8.12. The molecule has 0 saturated carbocycles. The average Bonchev–Trinajstić information content (AvgIpc) is 3.31. The molecule has 7 nitrogen and oxygen atoms in total. The van der Waals surface area contributed by atoms with Crippen LogP contribution in [-0.4, -0.2) is 40.9 Å². The van der Waals surface area contributed by atoms with Crippen molar-refractivity contribution in [1.29, 1.82) is 0 Å². The van der Waals surface area contributed by atoms with Crippen molar-refractivity contribution in [1.82, 2.24) is 25.4 Å². The maximum absolute atomic E-state index is 12.9. The quantitative estimate of drug-likeness (QED) is 0.747. The van der Waals surface area contributed by atoms with Crippen molar-refractivity contribution in [2.24, 2.45) is 0 Å². The molecule has 2 aromatic heterocycles. The molecule has 1 atom stereocenters. The van der Waals surface area contributed by atoms with Gasteiger partial charge in [0.05, 0.1) is 12.2 Å². The minimum Gasteiger partial charge on any atom is -0.375 e. The fourth-order valence-corrected chi connectivity index (χ4v) is 3.80. The number of nitrogens with one attached hydrogen (secondary N) is 2. The molecule has 1 aliphatic heterocycles. The molecule has 3 heterocycles. The monoisotopic (exact) mass is 421 g/mol. The van der Waals surface area contributed by atoms with Crippen LogP contribution >= 0.6 is 36.2 Å². The van der Waals surface area contributed by atoms with E-state index in [0.717, 1.165) is 36.6 Å². The Morgan fingerprint density at radius 2 is 2.19 bits per heavy atom. The summed E-state index contributed by atoms with van der Waals surface area (Å²) in [6, 6.07) is 1.86. The maximum Gasteiger partial charge on any atom is 0.248 e. The van der Waals surface area contributed by atoms with Crippen LogP contribution in [0.15, 0.2) is 23.8 Å². The molecule has 0 aromatic carbocycles. The van der Waals surface area contributed by atoms with E-state index in [0.29, 0.717) is 6.54 Å². The molecule has 0 bridgehead atoms. The maximum atomic E-state index is 12.9. The summed E-state index contributed by atoms with van der Waals surface area (Å²) < 4.78 is 7.07.